The quantitative estimate of drug-likeness (QED) is 0.0232. The van der Waals surface area contributed by atoms with E-state index in [4.69, 9.17) is 63.2 Å². The van der Waals surface area contributed by atoms with E-state index >= 15 is 0 Å². The van der Waals surface area contributed by atoms with E-state index < -0.39 is 52.8 Å². The number of aromatic hydroxyl groups is 1. The fraction of sp³-hybridized carbons (Fsp3) is 0.298. The summed E-state index contributed by atoms with van der Waals surface area (Å²) < 4.78 is 116. The summed E-state index contributed by atoms with van der Waals surface area (Å²) in [5.41, 5.74) is 3.94. The standard InChI is InChI=1S/C19H23FN4O2.C17H19FN4O2.C16H16F3N3O2.C15H17N3O3.C14H13Cl2N3O2.C13H11ClFN3O2/c1-13(2)26-16-8-14(3)7-15(9-16)18-21-12-24(22-18)6-5-17(25)23-10-19(4,20)11-23;1-12-6-13(8-14(7-12)24-3)16-19-11-22(20-16)5-4-15(23)21-9-17(2,18)10-21;1-10(2)24-14(23)4-5-22-9-20-15(21-22)12-6-11(3)7-13(8-12)16(17,18)19;1-10(2)21-14(20)4-5-18-9-16-15(17-18)12-6-11(3)7-13(19)8-12;1-8(2)21-13(20)4-3-12-17-14(19-18-12)9-5-10(15)7-11(16)6-9;1-2-20-12(19)3-4-18-8-16-13(17-18)9-5-10(14)7-11(15)6-9/h5-9,12-13H,10-11H2,1-4H3;4-8,11H,9-10H2,1-3H3;4-10H,1-3H3;4-10,19H,1-3H3;3-8H,1-2H3,(H,17,18,19);3-8H,2H2,1H3/b6-5-;3*5-4-;2*4-3-. The van der Waals surface area contributed by atoms with E-state index in [1.807, 2.05) is 77.1 Å². The Kier molecular flexibility index (Phi) is 37.3. The van der Waals surface area contributed by atoms with Crippen LogP contribution in [0.1, 0.15) is 110 Å². The van der Waals surface area contributed by atoms with Crippen LogP contribution in [-0.2, 0) is 53.9 Å². The van der Waals surface area contributed by atoms with Crippen molar-refractivity contribution < 1.29 is 88.6 Å². The van der Waals surface area contributed by atoms with Gasteiger partial charge in [-0.3, -0.25) is 14.7 Å². The number of ether oxygens (including phenoxy) is 6. The predicted molar refractivity (Wildman–Crippen MR) is 500 cm³/mol. The minimum absolute atomic E-state index is 0.0804. The summed E-state index contributed by atoms with van der Waals surface area (Å²) in [5, 5.41) is 38.6. The molecule has 33 nitrogen and oxygen atoms in total. The van der Waals surface area contributed by atoms with Crippen LogP contribution in [0.5, 0.6) is 17.2 Å². The van der Waals surface area contributed by atoms with Crippen molar-refractivity contribution >= 4 is 108 Å². The molecule has 0 atom stereocenters. The van der Waals surface area contributed by atoms with E-state index in [1.54, 1.807) is 105 Å². The number of hydrogen-bond acceptors (Lipinski definition) is 25. The monoisotopic (exact) mass is 1930 g/mol. The first kappa shape index (κ1) is 105. The minimum atomic E-state index is -4.44. The minimum Gasteiger partial charge on any atom is -0.508 e. The number of esters is 4. The van der Waals surface area contributed by atoms with Gasteiger partial charge in [0.15, 0.2) is 34.9 Å². The first-order chi connectivity index (χ1) is 64.2. The Labute approximate surface area is 793 Å². The summed E-state index contributed by atoms with van der Waals surface area (Å²) in [6.07, 6.45) is 18.7. The Morgan fingerprint density at radius 1 is 0.449 bits per heavy atom. The summed E-state index contributed by atoms with van der Waals surface area (Å²) in [6.45, 7) is 27.4. The molecule has 0 unspecified atom stereocenters. The van der Waals surface area contributed by atoms with Gasteiger partial charge >= 0.3 is 30.1 Å². The number of carbonyl (C=O) groups is 6. The number of aromatic amines is 1. The Balaban J connectivity index is 0.000000183. The molecule has 42 heteroatoms. The van der Waals surface area contributed by atoms with E-state index in [0.29, 0.717) is 73.9 Å². The molecule has 2 aliphatic heterocycles. The molecule has 0 saturated carbocycles. The van der Waals surface area contributed by atoms with E-state index in [9.17, 15) is 60.2 Å². The van der Waals surface area contributed by atoms with Crippen LogP contribution < -0.4 is 9.47 Å². The van der Waals surface area contributed by atoms with Gasteiger partial charge < -0.3 is 43.3 Å². The number of phenols is 1. The number of nitrogens with zero attached hydrogens (tertiary/aromatic N) is 19. The van der Waals surface area contributed by atoms with Gasteiger partial charge in [-0.15, -0.1) is 25.5 Å². The molecule has 0 aliphatic carbocycles. The van der Waals surface area contributed by atoms with Crippen LogP contribution >= 0.6 is 34.8 Å². The largest absolute Gasteiger partial charge is 0.508 e. The molecule has 2 fully saturated rings. The number of benzene rings is 6. The van der Waals surface area contributed by atoms with Gasteiger partial charge in [-0.05, 0) is 241 Å². The van der Waals surface area contributed by atoms with Gasteiger partial charge in [-0.25, -0.2) is 85.7 Å². The zero-order chi connectivity index (χ0) is 99.5. The van der Waals surface area contributed by atoms with Crippen molar-refractivity contribution in [2.24, 2.45) is 0 Å². The molecule has 14 rings (SSSR count). The second kappa shape index (κ2) is 48.3. The summed E-state index contributed by atoms with van der Waals surface area (Å²) in [4.78, 5) is 97.0. The average Bonchev–Trinajstić information content (AvgIpc) is 0.896. The lowest BCUT2D eigenvalue weighted by molar-refractivity contribution is -0.142. The third-order valence-electron chi connectivity index (χ3n) is 17.8. The average molecular weight is 1940 g/mol. The first-order valence-electron chi connectivity index (χ1n) is 41.9. The molecule has 6 aromatic carbocycles. The summed E-state index contributed by atoms with van der Waals surface area (Å²) in [7, 11) is 1.61. The lowest BCUT2D eigenvalue weighted by Gasteiger charge is -2.41. The SMILES string of the molecule is CC(C)OC(=O)/C=C\c1nc(-c2cc(Cl)cc(Cl)c2)n[nH]1.CCOC(=O)/C=C\n1cnc(-c2cc(F)cc(Cl)c2)n1.COc1cc(C)cc(-c2ncn(/C=C\C(=O)N3CC(C)(F)C3)n2)c1.Cc1cc(-c2ncn(/C=C\C(=O)OC(C)C)n2)cc(C(F)(F)F)c1.Cc1cc(O)cc(-c2ncn(/C=C\C(=O)OC(C)C)n2)c1.Cc1cc(OC(C)C)cc(-c2ncn(/C=C\C(=O)N3CC(C)(F)C3)n2)c1. The number of phenolic OH excluding ortho intramolecular Hbond substituents is 1. The Bertz CT molecular complexity index is 6170. The summed E-state index contributed by atoms with van der Waals surface area (Å²) in [6, 6.07) is 29.4. The molecule has 136 heavy (non-hydrogen) atoms. The maximum atomic E-state index is 13.5. The molecule has 0 radical (unpaired) electrons. The van der Waals surface area contributed by atoms with Crippen LogP contribution in [0.15, 0.2) is 177 Å². The van der Waals surface area contributed by atoms with Crippen molar-refractivity contribution in [2.45, 2.75) is 146 Å². The Morgan fingerprint density at radius 2 is 0.801 bits per heavy atom. The second-order valence-corrected chi connectivity index (χ2v) is 33.3. The number of aromatic nitrogens is 18. The normalized spacial score (nSPS) is 13.2. The predicted octanol–water partition coefficient (Wildman–Crippen LogP) is 18.0. The number of nitrogens with one attached hydrogen (secondary N) is 1. The number of methoxy groups -OCH3 is 1. The Morgan fingerprint density at radius 3 is 1.18 bits per heavy atom. The van der Waals surface area contributed by atoms with Gasteiger partial charge in [0.05, 0.1) is 69.9 Å². The van der Waals surface area contributed by atoms with Crippen molar-refractivity contribution in [3.63, 3.8) is 0 Å². The van der Waals surface area contributed by atoms with Gasteiger partial charge in [-0.1, -0.05) is 34.8 Å². The molecular weight excluding hydrogens is 1840 g/mol. The van der Waals surface area contributed by atoms with Gasteiger partial charge in [0.2, 0.25) is 11.8 Å². The van der Waals surface area contributed by atoms with Crippen LogP contribution in [0.3, 0.4) is 0 Å². The molecule has 12 aromatic rings. The number of H-pyrrole nitrogens is 1. The third-order valence-corrected chi connectivity index (χ3v) is 18.4. The van der Waals surface area contributed by atoms with Crippen LogP contribution in [0.25, 0.3) is 105 Å². The molecule has 0 spiro atoms. The maximum Gasteiger partial charge on any atom is 0.416 e. The van der Waals surface area contributed by atoms with Crippen molar-refractivity contribution in [3.05, 3.63) is 232 Å². The third kappa shape index (κ3) is 34.4. The van der Waals surface area contributed by atoms with Crippen LogP contribution in [0.2, 0.25) is 15.1 Å². The number of amides is 2. The number of likely N-dealkylation sites (tertiary alicyclic amines) is 2. The molecule has 2 saturated heterocycles. The van der Waals surface area contributed by atoms with Gasteiger partial charge in [0.1, 0.15) is 71.9 Å². The topological polar surface area (TPSA) is 380 Å². The van der Waals surface area contributed by atoms with E-state index in [2.05, 4.69) is 65.6 Å². The fourth-order valence-electron chi connectivity index (χ4n) is 12.3. The number of halogens is 9. The van der Waals surface area contributed by atoms with Gasteiger partial charge in [-0.2, -0.15) is 18.3 Å². The molecule has 8 heterocycles. The van der Waals surface area contributed by atoms with Crippen LogP contribution in [0.4, 0.5) is 26.3 Å². The van der Waals surface area contributed by atoms with Gasteiger partial charge in [0.25, 0.3) is 0 Å². The molecule has 2 aliphatic rings. The smallest absolute Gasteiger partial charge is 0.416 e. The second-order valence-electron chi connectivity index (χ2n) is 32.0. The number of hydrogen-bond donors (Lipinski definition) is 2. The maximum absolute atomic E-state index is 13.5. The number of carbonyl (C=O) groups excluding carboxylic acids is 6. The van der Waals surface area contributed by atoms with E-state index in [-0.39, 0.29) is 84.6 Å². The van der Waals surface area contributed by atoms with Crippen LogP contribution in [0, 0.1) is 33.5 Å². The van der Waals surface area contributed by atoms with Crippen molar-refractivity contribution in [3.8, 4) is 85.6 Å². The molecule has 2 amide bonds. The molecule has 716 valence electrons. The number of alkyl halides is 5. The van der Waals surface area contributed by atoms with Crippen molar-refractivity contribution in [1.82, 2.24) is 98.8 Å². The fourth-order valence-corrected chi connectivity index (χ4v) is 13.0. The lowest BCUT2D eigenvalue weighted by Crippen LogP contribution is -2.58. The molecule has 0 bridgehead atoms. The highest BCUT2D eigenvalue weighted by Gasteiger charge is 2.42. The van der Waals surface area contributed by atoms with E-state index in [0.717, 1.165) is 57.5 Å². The van der Waals surface area contributed by atoms with Crippen molar-refractivity contribution in [1.29, 1.82) is 0 Å². The number of rotatable bonds is 25. The summed E-state index contributed by atoms with van der Waals surface area (Å²) >= 11 is 17.6. The zero-order valence-electron chi connectivity index (χ0n) is 76.8. The highest BCUT2D eigenvalue weighted by atomic mass is 35.5. The first-order valence-corrected chi connectivity index (χ1v) is 43.0. The lowest BCUT2D eigenvalue weighted by atomic mass is 9.99. The number of aryl methyl sites for hydroxylation is 4. The molecule has 2 N–H and O–H groups in total. The van der Waals surface area contributed by atoms with Crippen LogP contribution in [-0.4, -0.2) is 215 Å². The van der Waals surface area contributed by atoms with Crippen molar-refractivity contribution in [2.75, 3.05) is 39.9 Å². The molecule has 6 aromatic heterocycles. The zero-order valence-corrected chi connectivity index (χ0v) is 79.1. The molecular formula is C94H99Cl3F6N20O13. The van der Waals surface area contributed by atoms with E-state index in [1.165, 1.54) is 158 Å². The highest BCUT2D eigenvalue weighted by molar-refractivity contribution is 6.35. The Hall–Kier alpha value is -14.7. The highest BCUT2D eigenvalue weighted by Crippen LogP contribution is 2.35. The summed E-state index contributed by atoms with van der Waals surface area (Å²) in [5.74, 6) is 1.69. The van der Waals surface area contributed by atoms with Gasteiger partial charge in [0, 0.05) is 116 Å².